The van der Waals surface area contributed by atoms with Crippen LogP contribution in [0.5, 0.6) is 5.88 Å². The van der Waals surface area contributed by atoms with Crippen molar-refractivity contribution < 1.29 is 4.74 Å². The molecule has 0 aromatic carbocycles. The summed E-state index contributed by atoms with van der Waals surface area (Å²) in [6.45, 7) is 1.97. The van der Waals surface area contributed by atoms with E-state index in [-0.39, 0.29) is 12.1 Å². The van der Waals surface area contributed by atoms with Crippen molar-refractivity contribution in [2.45, 2.75) is 51.2 Å². The number of nitrogens with two attached hydrogens (primary N) is 1. The van der Waals surface area contributed by atoms with Crippen LogP contribution in [0.25, 0.3) is 0 Å². The van der Waals surface area contributed by atoms with Crippen molar-refractivity contribution in [1.29, 1.82) is 0 Å². The minimum atomic E-state index is 0.136. The largest absolute Gasteiger partial charge is 0.473 e. The molecule has 0 aliphatic heterocycles. The van der Waals surface area contributed by atoms with Crippen molar-refractivity contribution >= 4 is 0 Å². The summed E-state index contributed by atoms with van der Waals surface area (Å²) < 4.78 is 5.89. The van der Waals surface area contributed by atoms with Gasteiger partial charge in [0.25, 0.3) is 0 Å². The Morgan fingerprint density at radius 3 is 2.88 bits per heavy atom. The topological polar surface area (TPSA) is 48.1 Å². The molecule has 88 valence electrons. The Balaban J connectivity index is 2.02. The minimum Gasteiger partial charge on any atom is -0.473 e. The summed E-state index contributed by atoms with van der Waals surface area (Å²) in [6.07, 6.45) is 5.96. The van der Waals surface area contributed by atoms with Gasteiger partial charge in [-0.3, -0.25) is 0 Å². The van der Waals surface area contributed by atoms with Gasteiger partial charge in [-0.1, -0.05) is 18.9 Å². The van der Waals surface area contributed by atoms with Crippen molar-refractivity contribution in [3.8, 4) is 5.88 Å². The molecule has 1 aliphatic carbocycles. The lowest BCUT2D eigenvalue weighted by atomic mass is 10.1. The van der Waals surface area contributed by atoms with Gasteiger partial charge in [0.05, 0.1) is 0 Å². The Morgan fingerprint density at radius 2 is 2.06 bits per heavy atom. The fraction of sp³-hybridized carbons (Fsp3) is 0.615. The van der Waals surface area contributed by atoms with E-state index in [0.717, 1.165) is 18.5 Å². The molecule has 2 atom stereocenters. The van der Waals surface area contributed by atoms with Crippen molar-refractivity contribution in [2.75, 3.05) is 0 Å². The van der Waals surface area contributed by atoms with Crippen LogP contribution in [0, 0.1) is 6.92 Å². The average molecular weight is 220 g/mol. The second-order valence-electron chi connectivity index (χ2n) is 4.58. The van der Waals surface area contributed by atoms with Crippen molar-refractivity contribution in [3.05, 3.63) is 23.9 Å². The summed E-state index contributed by atoms with van der Waals surface area (Å²) >= 11 is 0. The van der Waals surface area contributed by atoms with Gasteiger partial charge in [0.15, 0.2) is 0 Å². The molecule has 1 aromatic heterocycles. The highest BCUT2D eigenvalue weighted by Gasteiger charge is 2.22. The zero-order valence-corrected chi connectivity index (χ0v) is 9.86. The van der Waals surface area contributed by atoms with Crippen LogP contribution < -0.4 is 10.5 Å². The van der Waals surface area contributed by atoms with E-state index in [1.807, 2.05) is 25.1 Å². The molecule has 0 saturated heterocycles. The maximum atomic E-state index is 6.11. The molecule has 2 rings (SSSR count). The van der Waals surface area contributed by atoms with Crippen molar-refractivity contribution in [1.82, 2.24) is 4.98 Å². The number of aryl methyl sites for hydroxylation is 1. The zero-order valence-electron chi connectivity index (χ0n) is 9.86. The standard InChI is InChI=1S/C13H20N2O/c1-10-6-5-9-13(15-10)16-12-8-4-2-3-7-11(12)14/h5-6,9,11-12H,2-4,7-8,14H2,1H3. The quantitative estimate of drug-likeness (QED) is 0.779. The molecule has 1 heterocycles. The summed E-state index contributed by atoms with van der Waals surface area (Å²) in [7, 11) is 0. The molecular formula is C13H20N2O. The second-order valence-corrected chi connectivity index (χ2v) is 4.58. The van der Waals surface area contributed by atoms with Crippen LogP contribution in [0.2, 0.25) is 0 Å². The molecule has 0 amide bonds. The van der Waals surface area contributed by atoms with E-state index in [2.05, 4.69) is 4.98 Å². The average Bonchev–Trinajstić information content (AvgIpc) is 2.45. The first-order chi connectivity index (χ1) is 7.75. The first-order valence-corrected chi connectivity index (χ1v) is 6.11. The monoisotopic (exact) mass is 220 g/mol. The summed E-state index contributed by atoms with van der Waals surface area (Å²) in [5.74, 6) is 0.711. The number of nitrogens with zero attached hydrogens (tertiary/aromatic N) is 1. The molecule has 0 radical (unpaired) electrons. The fourth-order valence-electron chi connectivity index (χ4n) is 2.19. The summed E-state index contributed by atoms with van der Waals surface area (Å²) in [5, 5.41) is 0. The van der Waals surface area contributed by atoms with E-state index in [4.69, 9.17) is 10.5 Å². The van der Waals surface area contributed by atoms with Gasteiger partial charge in [0.2, 0.25) is 5.88 Å². The van der Waals surface area contributed by atoms with Gasteiger partial charge >= 0.3 is 0 Å². The Hall–Kier alpha value is -1.09. The highest BCUT2D eigenvalue weighted by Crippen LogP contribution is 2.21. The van der Waals surface area contributed by atoms with Crippen LogP contribution in [0.15, 0.2) is 18.2 Å². The normalized spacial score (nSPS) is 26.1. The number of pyridine rings is 1. The predicted octanol–water partition coefficient (Wildman–Crippen LogP) is 2.43. The van der Waals surface area contributed by atoms with Crippen LogP contribution in [-0.2, 0) is 0 Å². The van der Waals surface area contributed by atoms with E-state index in [1.54, 1.807) is 0 Å². The predicted molar refractivity (Wildman–Crippen MR) is 64.5 cm³/mol. The lowest BCUT2D eigenvalue weighted by Gasteiger charge is -2.22. The molecule has 1 fully saturated rings. The van der Waals surface area contributed by atoms with Crippen LogP contribution in [0.4, 0.5) is 0 Å². The summed E-state index contributed by atoms with van der Waals surface area (Å²) in [4.78, 5) is 4.35. The molecule has 1 aliphatic rings. The molecule has 1 aromatic rings. The number of hydrogen-bond donors (Lipinski definition) is 1. The zero-order chi connectivity index (χ0) is 11.4. The lowest BCUT2D eigenvalue weighted by Crippen LogP contribution is -2.38. The number of aromatic nitrogens is 1. The van der Waals surface area contributed by atoms with Gasteiger partial charge in [-0.2, -0.15) is 0 Å². The third-order valence-corrected chi connectivity index (χ3v) is 3.14. The number of hydrogen-bond acceptors (Lipinski definition) is 3. The Labute approximate surface area is 97.0 Å². The Morgan fingerprint density at radius 1 is 1.25 bits per heavy atom. The number of rotatable bonds is 2. The van der Waals surface area contributed by atoms with Gasteiger partial charge in [0, 0.05) is 17.8 Å². The molecule has 0 bridgehead atoms. The van der Waals surface area contributed by atoms with Crippen LogP contribution in [0.1, 0.15) is 37.8 Å². The molecule has 3 nitrogen and oxygen atoms in total. The smallest absolute Gasteiger partial charge is 0.213 e. The second kappa shape index (κ2) is 5.30. The Kier molecular flexibility index (Phi) is 3.78. The maximum absolute atomic E-state index is 6.11. The van der Waals surface area contributed by atoms with Gasteiger partial charge in [-0.15, -0.1) is 0 Å². The lowest BCUT2D eigenvalue weighted by molar-refractivity contribution is 0.156. The fourth-order valence-corrected chi connectivity index (χ4v) is 2.19. The van der Waals surface area contributed by atoms with Gasteiger partial charge in [-0.25, -0.2) is 4.98 Å². The molecule has 2 N–H and O–H groups in total. The van der Waals surface area contributed by atoms with E-state index in [1.165, 1.54) is 19.3 Å². The van der Waals surface area contributed by atoms with E-state index in [9.17, 15) is 0 Å². The number of ether oxygens (including phenoxy) is 1. The first-order valence-electron chi connectivity index (χ1n) is 6.11. The molecule has 0 spiro atoms. The summed E-state index contributed by atoms with van der Waals surface area (Å²) in [6, 6.07) is 6.01. The minimum absolute atomic E-state index is 0.136. The van der Waals surface area contributed by atoms with Crippen LogP contribution >= 0.6 is 0 Å². The first kappa shape index (κ1) is 11.4. The molecule has 3 heteroatoms. The maximum Gasteiger partial charge on any atom is 0.213 e. The highest BCUT2D eigenvalue weighted by molar-refractivity contribution is 5.15. The van der Waals surface area contributed by atoms with Crippen molar-refractivity contribution in [3.63, 3.8) is 0 Å². The highest BCUT2D eigenvalue weighted by atomic mass is 16.5. The van der Waals surface area contributed by atoms with Crippen molar-refractivity contribution in [2.24, 2.45) is 5.73 Å². The third-order valence-electron chi connectivity index (χ3n) is 3.14. The molecule has 2 unspecified atom stereocenters. The van der Waals surface area contributed by atoms with E-state index in [0.29, 0.717) is 5.88 Å². The van der Waals surface area contributed by atoms with E-state index >= 15 is 0 Å². The summed E-state index contributed by atoms with van der Waals surface area (Å²) in [5.41, 5.74) is 7.10. The molecule has 1 saturated carbocycles. The van der Waals surface area contributed by atoms with Crippen LogP contribution in [-0.4, -0.2) is 17.1 Å². The SMILES string of the molecule is Cc1cccc(OC2CCCCCC2N)n1. The third kappa shape index (κ3) is 2.95. The Bertz CT molecular complexity index is 340. The molecule has 16 heavy (non-hydrogen) atoms. The van der Waals surface area contributed by atoms with Gasteiger partial charge in [-0.05, 0) is 32.3 Å². The van der Waals surface area contributed by atoms with Crippen LogP contribution in [0.3, 0.4) is 0 Å². The van der Waals surface area contributed by atoms with E-state index < -0.39 is 0 Å². The van der Waals surface area contributed by atoms with Gasteiger partial charge < -0.3 is 10.5 Å². The molecular weight excluding hydrogens is 200 g/mol. The van der Waals surface area contributed by atoms with Gasteiger partial charge in [0.1, 0.15) is 6.10 Å².